The van der Waals surface area contributed by atoms with Crippen LogP contribution >= 0.6 is 0 Å². The first kappa shape index (κ1) is 12.6. The number of aromatic nitrogens is 1. The Balaban J connectivity index is 2.34. The largest absolute Gasteiger partial charge is 0.349 e. The summed E-state index contributed by atoms with van der Waals surface area (Å²) in [5, 5.41) is 6.06. The van der Waals surface area contributed by atoms with Gasteiger partial charge in [-0.3, -0.25) is 9.78 Å². The van der Waals surface area contributed by atoms with Gasteiger partial charge in [0.1, 0.15) is 0 Å². The molecule has 0 saturated heterocycles. The monoisotopic (exact) mass is 221 g/mol. The number of amides is 1. The van der Waals surface area contributed by atoms with Crippen LogP contribution in [0.5, 0.6) is 0 Å². The van der Waals surface area contributed by atoms with Gasteiger partial charge < -0.3 is 10.6 Å². The van der Waals surface area contributed by atoms with Gasteiger partial charge in [0.25, 0.3) is 0 Å². The number of rotatable bonds is 6. The molecule has 0 fully saturated rings. The Morgan fingerprint density at radius 1 is 1.56 bits per heavy atom. The van der Waals surface area contributed by atoms with Gasteiger partial charge in [0, 0.05) is 25.4 Å². The van der Waals surface area contributed by atoms with E-state index in [-0.39, 0.29) is 11.9 Å². The number of hydrogen-bond acceptors (Lipinski definition) is 3. The highest BCUT2D eigenvalue weighted by atomic mass is 16.1. The first-order valence-electron chi connectivity index (χ1n) is 5.64. The van der Waals surface area contributed by atoms with Crippen LogP contribution in [0.1, 0.15) is 31.9 Å². The van der Waals surface area contributed by atoms with Crippen molar-refractivity contribution in [3.05, 3.63) is 30.1 Å². The van der Waals surface area contributed by atoms with Crippen molar-refractivity contribution in [3.63, 3.8) is 0 Å². The van der Waals surface area contributed by atoms with Crippen LogP contribution in [0.25, 0.3) is 0 Å². The Hall–Kier alpha value is -1.42. The molecule has 0 unspecified atom stereocenters. The van der Waals surface area contributed by atoms with Gasteiger partial charge in [-0.05, 0) is 25.1 Å². The van der Waals surface area contributed by atoms with Crippen molar-refractivity contribution < 1.29 is 4.79 Å². The molecule has 0 aromatic carbocycles. The van der Waals surface area contributed by atoms with Crippen LogP contribution in [0.4, 0.5) is 0 Å². The highest BCUT2D eigenvalue weighted by Gasteiger charge is 2.08. The van der Waals surface area contributed by atoms with Crippen LogP contribution in [-0.2, 0) is 4.79 Å². The van der Waals surface area contributed by atoms with E-state index in [1.807, 2.05) is 26.0 Å². The zero-order chi connectivity index (χ0) is 11.8. The summed E-state index contributed by atoms with van der Waals surface area (Å²) in [6.45, 7) is 5.60. The van der Waals surface area contributed by atoms with E-state index in [0.717, 1.165) is 18.7 Å². The molecule has 1 rings (SSSR count). The summed E-state index contributed by atoms with van der Waals surface area (Å²) in [5.74, 6) is 0.0669. The standard InChI is InChI=1S/C12H19N3O/c1-3-13-8-6-12(16)15-10(2)11-5-4-7-14-9-11/h4-5,7,9-10,13H,3,6,8H2,1-2H3,(H,15,16)/t10-/m0/s1. The van der Waals surface area contributed by atoms with Crippen LogP contribution < -0.4 is 10.6 Å². The minimum Gasteiger partial charge on any atom is -0.349 e. The third kappa shape index (κ3) is 4.40. The van der Waals surface area contributed by atoms with E-state index in [1.54, 1.807) is 12.4 Å². The van der Waals surface area contributed by atoms with Crippen molar-refractivity contribution in [2.45, 2.75) is 26.3 Å². The highest BCUT2D eigenvalue weighted by molar-refractivity contribution is 5.76. The lowest BCUT2D eigenvalue weighted by Gasteiger charge is -2.13. The maximum Gasteiger partial charge on any atom is 0.221 e. The van der Waals surface area contributed by atoms with Gasteiger partial charge in [-0.15, -0.1) is 0 Å². The smallest absolute Gasteiger partial charge is 0.221 e. The molecule has 4 nitrogen and oxygen atoms in total. The molecule has 0 aliphatic heterocycles. The third-order valence-corrected chi connectivity index (χ3v) is 2.34. The molecule has 1 aromatic rings. The molecular formula is C12H19N3O. The second-order valence-electron chi connectivity index (χ2n) is 3.68. The zero-order valence-electron chi connectivity index (χ0n) is 9.86. The molecule has 1 heterocycles. The minimum atomic E-state index is 0.0165. The van der Waals surface area contributed by atoms with E-state index in [4.69, 9.17) is 0 Å². The summed E-state index contributed by atoms with van der Waals surface area (Å²) >= 11 is 0. The van der Waals surface area contributed by atoms with Crippen molar-refractivity contribution in [1.29, 1.82) is 0 Å². The summed E-state index contributed by atoms with van der Waals surface area (Å²) in [6, 6.07) is 3.85. The maximum atomic E-state index is 11.5. The fourth-order valence-electron chi connectivity index (χ4n) is 1.41. The average Bonchev–Trinajstić information content (AvgIpc) is 2.30. The summed E-state index contributed by atoms with van der Waals surface area (Å²) in [7, 11) is 0. The summed E-state index contributed by atoms with van der Waals surface area (Å²) in [4.78, 5) is 15.6. The van der Waals surface area contributed by atoms with Gasteiger partial charge in [0.05, 0.1) is 6.04 Å². The molecule has 1 amide bonds. The van der Waals surface area contributed by atoms with E-state index < -0.39 is 0 Å². The second-order valence-corrected chi connectivity index (χ2v) is 3.68. The average molecular weight is 221 g/mol. The van der Waals surface area contributed by atoms with Gasteiger partial charge in [-0.25, -0.2) is 0 Å². The van der Waals surface area contributed by atoms with Crippen LogP contribution in [0.15, 0.2) is 24.5 Å². The molecule has 0 saturated carbocycles. The fourth-order valence-corrected chi connectivity index (χ4v) is 1.41. The van der Waals surface area contributed by atoms with Crippen molar-refractivity contribution in [2.75, 3.05) is 13.1 Å². The van der Waals surface area contributed by atoms with Crippen molar-refractivity contribution in [3.8, 4) is 0 Å². The lowest BCUT2D eigenvalue weighted by Crippen LogP contribution is -2.29. The van der Waals surface area contributed by atoms with E-state index in [9.17, 15) is 4.79 Å². The van der Waals surface area contributed by atoms with E-state index >= 15 is 0 Å². The molecule has 0 aliphatic rings. The quantitative estimate of drug-likeness (QED) is 0.711. The van der Waals surface area contributed by atoms with E-state index in [2.05, 4.69) is 15.6 Å². The van der Waals surface area contributed by atoms with Gasteiger partial charge in [-0.2, -0.15) is 0 Å². The van der Waals surface area contributed by atoms with Crippen LogP contribution in [0.3, 0.4) is 0 Å². The van der Waals surface area contributed by atoms with Crippen LogP contribution in [0.2, 0.25) is 0 Å². The number of pyridine rings is 1. The van der Waals surface area contributed by atoms with Gasteiger partial charge in [0.15, 0.2) is 0 Å². The van der Waals surface area contributed by atoms with Crippen LogP contribution in [-0.4, -0.2) is 24.0 Å². The molecule has 0 radical (unpaired) electrons. The lowest BCUT2D eigenvalue weighted by atomic mass is 10.1. The first-order chi connectivity index (χ1) is 7.74. The van der Waals surface area contributed by atoms with E-state index in [0.29, 0.717) is 6.42 Å². The van der Waals surface area contributed by atoms with Gasteiger partial charge >= 0.3 is 0 Å². The fraction of sp³-hybridized carbons (Fsp3) is 0.500. The number of carbonyl (C=O) groups excluding carboxylic acids is 1. The van der Waals surface area contributed by atoms with Gasteiger partial charge in [-0.1, -0.05) is 13.0 Å². The number of hydrogen-bond donors (Lipinski definition) is 2. The zero-order valence-corrected chi connectivity index (χ0v) is 9.86. The molecule has 4 heteroatoms. The van der Waals surface area contributed by atoms with Crippen LogP contribution in [0, 0.1) is 0 Å². The lowest BCUT2D eigenvalue weighted by molar-refractivity contribution is -0.121. The van der Waals surface area contributed by atoms with Crippen molar-refractivity contribution in [2.24, 2.45) is 0 Å². The summed E-state index contributed by atoms with van der Waals surface area (Å²) in [5.41, 5.74) is 1.03. The maximum absolute atomic E-state index is 11.5. The molecule has 0 aliphatic carbocycles. The van der Waals surface area contributed by atoms with Gasteiger partial charge in [0.2, 0.25) is 5.91 Å². The molecular weight excluding hydrogens is 202 g/mol. The SMILES string of the molecule is CCNCCC(=O)N[C@@H](C)c1cccnc1. The topological polar surface area (TPSA) is 54.0 Å². The second kappa shape index (κ2) is 6.95. The molecule has 1 atom stereocenters. The molecule has 0 bridgehead atoms. The Morgan fingerprint density at radius 3 is 3.00 bits per heavy atom. The predicted molar refractivity (Wildman–Crippen MR) is 64.0 cm³/mol. The van der Waals surface area contributed by atoms with E-state index in [1.165, 1.54) is 0 Å². The Labute approximate surface area is 96.5 Å². The first-order valence-corrected chi connectivity index (χ1v) is 5.64. The molecule has 16 heavy (non-hydrogen) atoms. The molecule has 2 N–H and O–H groups in total. The number of nitrogens with one attached hydrogen (secondary N) is 2. The number of nitrogens with zero attached hydrogens (tertiary/aromatic N) is 1. The summed E-state index contributed by atoms with van der Waals surface area (Å²) in [6.07, 6.45) is 4.01. The third-order valence-electron chi connectivity index (χ3n) is 2.34. The molecule has 88 valence electrons. The predicted octanol–water partition coefficient (Wildman–Crippen LogP) is 1.26. The van der Waals surface area contributed by atoms with Crippen molar-refractivity contribution >= 4 is 5.91 Å². The normalized spacial score (nSPS) is 12.1. The molecule has 1 aromatic heterocycles. The number of carbonyl (C=O) groups is 1. The Kier molecular flexibility index (Phi) is 5.50. The molecule has 0 spiro atoms. The van der Waals surface area contributed by atoms with Crippen molar-refractivity contribution in [1.82, 2.24) is 15.6 Å². The Bertz CT molecular complexity index is 313. The Morgan fingerprint density at radius 2 is 2.38 bits per heavy atom. The minimum absolute atomic E-state index is 0.0165. The highest BCUT2D eigenvalue weighted by Crippen LogP contribution is 2.09. The summed E-state index contributed by atoms with van der Waals surface area (Å²) < 4.78 is 0.